The molecule has 10 nitrogen and oxygen atoms in total. The third-order valence-corrected chi connectivity index (χ3v) is 6.32. The van der Waals surface area contributed by atoms with E-state index in [9.17, 15) is 28.1 Å². The van der Waals surface area contributed by atoms with E-state index in [-0.39, 0.29) is 17.5 Å². The van der Waals surface area contributed by atoms with Crippen molar-refractivity contribution >= 4 is 22.7 Å². The van der Waals surface area contributed by atoms with Crippen LogP contribution in [0.25, 0.3) is 22.3 Å². The number of nitrogens with zero attached hydrogens (tertiary/aromatic N) is 7. The molecule has 3 aromatic heterocycles. The molecule has 4 aromatic rings. The third-order valence-electron chi connectivity index (χ3n) is 6.32. The first kappa shape index (κ1) is 27.1. The Morgan fingerprint density at radius 1 is 1.26 bits per heavy atom. The van der Waals surface area contributed by atoms with Crippen LogP contribution in [0.5, 0.6) is 0 Å². The molecule has 1 saturated heterocycles. The van der Waals surface area contributed by atoms with Crippen molar-refractivity contribution < 1.29 is 27.5 Å². The van der Waals surface area contributed by atoms with Crippen molar-refractivity contribution in [3.8, 4) is 23.4 Å². The number of carboxylic acid groups (broad SMARTS) is 1. The van der Waals surface area contributed by atoms with Gasteiger partial charge in [0.2, 0.25) is 0 Å². The summed E-state index contributed by atoms with van der Waals surface area (Å²) in [6.07, 6.45) is 3.05. The average molecular weight is 540 g/mol. The van der Waals surface area contributed by atoms with Crippen molar-refractivity contribution in [1.29, 1.82) is 10.5 Å². The maximum atomic E-state index is 14.1. The predicted molar refractivity (Wildman–Crippen MR) is 130 cm³/mol. The number of halogens is 4. The Hall–Kier alpha value is -4.98. The molecule has 1 fully saturated rings. The number of fused-ring (bicyclic) bond motifs is 1. The number of rotatable bonds is 5. The van der Waals surface area contributed by atoms with E-state index in [0.717, 1.165) is 28.7 Å². The molecule has 2 N–H and O–H groups in total. The molecule has 39 heavy (non-hydrogen) atoms. The first-order valence-corrected chi connectivity index (χ1v) is 11.6. The van der Waals surface area contributed by atoms with Crippen LogP contribution in [0, 0.1) is 34.4 Å². The lowest BCUT2D eigenvalue weighted by Gasteiger charge is -2.24. The molecule has 1 aliphatic heterocycles. The molecule has 0 saturated carbocycles. The molecule has 0 aliphatic carbocycles. The van der Waals surface area contributed by atoms with E-state index in [2.05, 4.69) is 26.1 Å². The van der Waals surface area contributed by atoms with Gasteiger partial charge in [-0.2, -0.15) is 28.8 Å². The number of aliphatic carboxylic acids is 1. The molecule has 0 radical (unpaired) electrons. The Kier molecular flexibility index (Phi) is 7.76. The van der Waals surface area contributed by atoms with Gasteiger partial charge in [-0.15, -0.1) is 0 Å². The van der Waals surface area contributed by atoms with E-state index >= 15 is 0 Å². The molecular formula is C25H20F4N8O2. The normalized spacial score (nSPS) is 15.7. The number of H-pyrrole nitrogens is 1. The fourth-order valence-electron chi connectivity index (χ4n) is 4.52. The van der Waals surface area contributed by atoms with Crippen molar-refractivity contribution in [2.45, 2.75) is 25.1 Å². The van der Waals surface area contributed by atoms with Crippen molar-refractivity contribution in [2.75, 3.05) is 18.0 Å². The zero-order valence-electron chi connectivity index (χ0n) is 20.1. The van der Waals surface area contributed by atoms with Crippen LogP contribution < -0.4 is 4.90 Å². The predicted octanol–water partition coefficient (Wildman–Crippen LogP) is 4.45. The summed E-state index contributed by atoms with van der Waals surface area (Å²) in [5, 5.41) is 31.4. The van der Waals surface area contributed by atoms with Crippen molar-refractivity contribution in [3.63, 3.8) is 0 Å². The number of hydrogen-bond donors (Lipinski definition) is 2. The number of nitriles is 2. The van der Waals surface area contributed by atoms with Gasteiger partial charge in [0.1, 0.15) is 29.4 Å². The molecule has 200 valence electrons. The summed E-state index contributed by atoms with van der Waals surface area (Å²) in [5.74, 6) is -3.14. The number of benzene rings is 1. The van der Waals surface area contributed by atoms with Gasteiger partial charge in [-0.05, 0) is 24.6 Å². The fraction of sp³-hybridized carbons (Fsp3) is 0.280. The lowest BCUT2D eigenvalue weighted by molar-refractivity contribution is -0.192. The first-order chi connectivity index (χ1) is 18.6. The standard InChI is InChI=1S/C23H19FN8.C2HF3O2/c24-19-2-1-3-21(18(19)10-26)31-9-6-15(12-31)20(4-7-25)32-13-16(11-30-32)22-17-5-8-27-23(17)29-14-28-22;3-2(4,5)1(6)7/h1-3,5,8,11,13-15,20H,4,6,9,12H2,(H,27,28,29);(H,6,7)/t15-,20-;/m0./s1. The smallest absolute Gasteiger partial charge is 0.475 e. The monoisotopic (exact) mass is 540 g/mol. The van der Waals surface area contributed by atoms with Gasteiger partial charge in [0, 0.05) is 42.4 Å². The highest BCUT2D eigenvalue weighted by Gasteiger charge is 2.38. The quantitative estimate of drug-likeness (QED) is 0.353. The minimum Gasteiger partial charge on any atom is -0.475 e. The Balaban J connectivity index is 0.000000448. The van der Waals surface area contributed by atoms with Gasteiger partial charge in [-0.25, -0.2) is 19.2 Å². The van der Waals surface area contributed by atoms with Gasteiger partial charge in [0.15, 0.2) is 0 Å². The average Bonchev–Trinajstić information content (AvgIpc) is 3.68. The summed E-state index contributed by atoms with van der Waals surface area (Å²) in [6.45, 7) is 1.31. The van der Waals surface area contributed by atoms with Crippen LogP contribution in [0.2, 0.25) is 0 Å². The molecule has 0 bridgehead atoms. The highest BCUT2D eigenvalue weighted by molar-refractivity contribution is 5.90. The molecule has 1 aromatic carbocycles. The summed E-state index contributed by atoms with van der Waals surface area (Å²) >= 11 is 0. The topological polar surface area (TPSA) is 148 Å². The number of carbonyl (C=O) groups is 1. The van der Waals surface area contributed by atoms with Crippen LogP contribution in [-0.2, 0) is 4.79 Å². The summed E-state index contributed by atoms with van der Waals surface area (Å²) in [6, 6.07) is 10.7. The van der Waals surface area contributed by atoms with E-state index in [1.165, 1.54) is 12.4 Å². The van der Waals surface area contributed by atoms with Crippen LogP contribution in [-0.4, -0.2) is 55.1 Å². The molecule has 4 heterocycles. The fourth-order valence-corrected chi connectivity index (χ4v) is 4.52. The second kappa shape index (κ2) is 11.2. The van der Waals surface area contributed by atoms with Crippen LogP contribution in [0.15, 0.2) is 49.2 Å². The Morgan fingerprint density at radius 2 is 2.03 bits per heavy atom. The zero-order valence-corrected chi connectivity index (χ0v) is 20.1. The SMILES string of the molecule is N#CC[C@@H]([C@H]1CCN(c2cccc(F)c2C#N)C1)n1cc(-c2ncnc3[nH]ccc23)cn1.O=C(O)C(F)(F)F. The number of hydrogen-bond acceptors (Lipinski definition) is 7. The molecule has 5 rings (SSSR count). The lowest BCUT2D eigenvalue weighted by Crippen LogP contribution is -2.25. The van der Waals surface area contributed by atoms with Crippen molar-refractivity contribution in [1.82, 2.24) is 24.7 Å². The van der Waals surface area contributed by atoms with Gasteiger partial charge in [0.25, 0.3) is 0 Å². The van der Waals surface area contributed by atoms with Crippen molar-refractivity contribution in [2.24, 2.45) is 5.92 Å². The minimum atomic E-state index is -5.08. The lowest BCUT2D eigenvalue weighted by atomic mass is 9.96. The van der Waals surface area contributed by atoms with Crippen molar-refractivity contribution in [3.05, 3.63) is 60.6 Å². The molecule has 0 spiro atoms. The highest BCUT2D eigenvalue weighted by atomic mass is 19.4. The molecule has 0 amide bonds. The van der Waals surface area contributed by atoms with E-state index in [0.29, 0.717) is 25.2 Å². The molecule has 0 unspecified atom stereocenters. The zero-order chi connectivity index (χ0) is 28.2. The summed E-state index contributed by atoms with van der Waals surface area (Å²) in [4.78, 5) is 22.6. The van der Waals surface area contributed by atoms with E-state index in [1.54, 1.807) is 18.3 Å². The van der Waals surface area contributed by atoms with Gasteiger partial charge in [-0.3, -0.25) is 4.68 Å². The Morgan fingerprint density at radius 3 is 2.72 bits per heavy atom. The largest absolute Gasteiger partial charge is 0.490 e. The first-order valence-electron chi connectivity index (χ1n) is 11.6. The van der Waals surface area contributed by atoms with E-state index < -0.39 is 18.0 Å². The molecule has 2 atom stereocenters. The van der Waals surface area contributed by atoms with Crippen LogP contribution in [0.4, 0.5) is 23.2 Å². The molecule has 14 heteroatoms. The van der Waals surface area contributed by atoms with E-state index in [1.807, 2.05) is 34.1 Å². The highest BCUT2D eigenvalue weighted by Crippen LogP contribution is 2.35. The maximum absolute atomic E-state index is 14.1. The second-order valence-corrected chi connectivity index (χ2v) is 8.64. The summed E-state index contributed by atoms with van der Waals surface area (Å²) in [7, 11) is 0. The number of carboxylic acids is 1. The van der Waals surface area contributed by atoms with Crippen LogP contribution >= 0.6 is 0 Å². The van der Waals surface area contributed by atoms with Gasteiger partial charge >= 0.3 is 12.1 Å². The Bertz CT molecular complexity index is 1570. The number of anilines is 1. The number of nitrogens with one attached hydrogen (secondary N) is 1. The summed E-state index contributed by atoms with van der Waals surface area (Å²) in [5.41, 5.74) is 3.05. The second-order valence-electron chi connectivity index (χ2n) is 8.64. The number of alkyl halides is 3. The minimum absolute atomic E-state index is 0.0608. The van der Waals surface area contributed by atoms with Gasteiger partial charge in [-0.1, -0.05) is 6.07 Å². The molecule has 1 aliphatic rings. The number of aromatic amines is 1. The van der Waals surface area contributed by atoms with Crippen LogP contribution in [0.1, 0.15) is 24.4 Å². The van der Waals surface area contributed by atoms with Gasteiger partial charge < -0.3 is 15.0 Å². The van der Waals surface area contributed by atoms with E-state index in [4.69, 9.17) is 9.90 Å². The summed E-state index contributed by atoms with van der Waals surface area (Å²) < 4.78 is 47.7. The number of aromatic nitrogens is 5. The maximum Gasteiger partial charge on any atom is 0.490 e. The Labute approximate surface area is 218 Å². The van der Waals surface area contributed by atoms with Gasteiger partial charge in [0.05, 0.1) is 36.1 Å². The third kappa shape index (κ3) is 5.80. The molecular weight excluding hydrogens is 520 g/mol. The van der Waals surface area contributed by atoms with Crippen LogP contribution in [0.3, 0.4) is 0 Å².